The Kier molecular flexibility index (Phi) is 2.86. The van der Waals surface area contributed by atoms with Gasteiger partial charge in [0.2, 0.25) is 0 Å². The summed E-state index contributed by atoms with van der Waals surface area (Å²) in [6, 6.07) is 0. The Morgan fingerprint density at radius 2 is 1.88 bits per heavy atom. The largest absolute Gasteiger partial charge is 0.348 e. The summed E-state index contributed by atoms with van der Waals surface area (Å²) in [5.74, 6) is 0.588. The summed E-state index contributed by atoms with van der Waals surface area (Å²) < 4.78 is 11.5. The summed E-state index contributed by atoms with van der Waals surface area (Å²) in [5, 5.41) is 0. The van der Waals surface area contributed by atoms with Gasteiger partial charge in [0.1, 0.15) is 0 Å². The molecular formula is C14H20O2. The summed E-state index contributed by atoms with van der Waals surface area (Å²) in [7, 11) is 0. The van der Waals surface area contributed by atoms with Crippen LogP contribution in [0.25, 0.3) is 0 Å². The fourth-order valence-electron chi connectivity index (χ4n) is 3.18. The molecule has 0 aromatic carbocycles. The maximum absolute atomic E-state index is 5.76. The van der Waals surface area contributed by atoms with E-state index >= 15 is 0 Å². The Morgan fingerprint density at radius 1 is 1.12 bits per heavy atom. The molecule has 0 unspecified atom stereocenters. The summed E-state index contributed by atoms with van der Waals surface area (Å²) in [4.78, 5) is 0. The molecule has 2 nitrogen and oxygen atoms in total. The van der Waals surface area contributed by atoms with Crippen molar-refractivity contribution in [1.29, 1.82) is 0 Å². The van der Waals surface area contributed by atoms with E-state index < -0.39 is 0 Å². The zero-order valence-electron chi connectivity index (χ0n) is 9.78. The number of rotatable bonds is 1. The summed E-state index contributed by atoms with van der Waals surface area (Å²) in [6.45, 7) is 1.58. The van der Waals surface area contributed by atoms with Crippen LogP contribution >= 0.6 is 0 Å². The van der Waals surface area contributed by atoms with Crippen molar-refractivity contribution in [2.24, 2.45) is 5.92 Å². The predicted molar refractivity (Wildman–Crippen MR) is 63.1 cm³/mol. The smallest absolute Gasteiger partial charge is 0.168 e. The Labute approximate surface area is 97.3 Å². The van der Waals surface area contributed by atoms with Crippen LogP contribution in [0.3, 0.4) is 0 Å². The van der Waals surface area contributed by atoms with E-state index in [0.717, 1.165) is 32.0 Å². The average Bonchev–Trinajstić information content (AvgIpc) is 2.80. The van der Waals surface area contributed by atoms with Crippen molar-refractivity contribution in [3.63, 3.8) is 0 Å². The van der Waals surface area contributed by atoms with E-state index in [1.165, 1.54) is 25.7 Å². The van der Waals surface area contributed by atoms with Gasteiger partial charge in [-0.15, -0.1) is 0 Å². The molecule has 2 heteroatoms. The standard InChI is InChI=1S/C14H20O2/c1-2-4-12(5-3-1)13-6-8-14(9-7-13)15-10-11-16-14/h1-2,4,13H,3,5-11H2. The molecule has 0 amide bonds. The summed E-state index contributed by atoms with van der Waals surface area (Å²) in [6.07, 6.45) is 13.9. The Morgan fingerprint density at radius 3 is 2.50 bits per heavy atom. The van der Waals surface area contributed by atoms with E-state index in [0.29, 0.717) is 0 Å². The van der Waals surface area contributed by atoms with Crippen LogP contribution in [0.4, 0.5) is 0 Å². The van der Waals surface area contributed by atoms with E-state index in [1.807, 2.05) is 0 Å². The van der Waals surface area contributed by atoms with Crippen molar-refractivity contribution in [3.05, 3.63) is 23.8 Å². The SMILES string of the molecule is C1=CCCC(C2CCC3(CC2)OCCO3)=C1. The molecule has 16 heavy (non-hydrogen) atoms. The highest BCUT2D eigenvalue weighted by Crippen LogP contribution is 2.41. The quantitative estimate of drug-likeness (QED) is 0.675. The molecular weight excluding hydrogens is 200 g/mol. The Hall–Kier alpha value is -0.600. The topological polar surface area (TPSA) is 18.5 Å². The molecule has 0 aromatic rings. The fraction of sp³-hybridized carbons (Fsp3) is 0.714. The molecule has 0 atom stereocenters. The van der Waals surface area contributed by atoms with Gasteiger partial charge in [-0.2, -0.15) is 0 Å². The molecule has 1 spiro atoms. The minimum atomic E-state index is -0.193. The van der Waals surface area contributed by atoms with Gasteiger partial charge in [0.25, 0.3) is 0 Å². The van der Waals surface area contributed by atoms with Gasteiger partial charge in [-0.05, 0) is 31.6 Å². The van der Waals surface area contributed by atoms with Gasteiger partial charge in [-0.1, -0.05) is 23.8 Å². The van der Waals surface area contributed by atoms with Gasteiger partial charge in [-0.3, -0.25) is 0 Å². The minimum Gasteiger partial charge on any atom is -0.348 e. The lowest BCUT2D eigenvalue weighted by Crippen LogP contribution is -2.35. The maximum Gasteiger partial charge on any atom is 0.168 e. The summed E-state index contributed by atoms with van der Waals surface area (Å²) in [5.41, 5.74) is 1.65. The van der Waals surface area contributed by atoms with Gasteiger partial charge in [0, 0.05) is 12.8 Å². The zero-order chi connectivity index (χ0) is 10.8. The lowest BCUT2D eigenvalue weighted by Gasteiger charge is -2.36. The van der Waals surface area contributed by atoms with Gasteiger partial charge < -0.3 is 9.47 Å². The van der Waals surface area contributed by atoms with E-state index in [9.17, 15) is 0 Å². The van der Waals surface area contributed by atoms with Crippen LogP contribution < -0.4 is 0 Å². The van der Waals surface area contributed by atoms with Crippen LogP contribution in [0.2, 0.25) is 0 Å². The highest BCUT2D eigenvalue weighted by Gasteiger charge is 2.40. The first-order valence-corrected chi connectivity index (χ1v) is 6.52. The Bertz CT molecular complexity index is 301. The minimum absolute atomic E-state index is 0.193. The second-order valence-electron chi connectivity index (χ2n) is 5.09. The third kappa shape index (κ3) is 1.96. The van der Waals surface area contributed by atoms with Gasteiger partial charge >= 0.3 is 0 Å². The first-order valence-electron chi connectivity index (χ1n) is 6.52. The van der Waals surface area contributed by atoms with Crippen LogP contribution in [0.15, 0.2) is 23.8 Å². The number of hydrogen-bond donors (Lipinski definition) is 0. The number of ether oxygens (including phenoxy) is 2. The van der Waals surface area contributed by atoms with Gasteiger partial charge in [0.05, 0.1) is 13.2 Å². The molecule has 2 fully saturated rings. The highest BCUT2D eigenvalue weighted by atomic mass is 16.7. The predicted octanol–water partition coefficient (Wildman–Crippen LogP) is 3.20. The van der Waals surface area contributed by atoms with Crippen molar-refractivity contribution < 1.29 is 9.47 Å². The number of allylic oxidation sites excluding steroid dienone is 4. The highest BCUT2D eigenvalue weighted by molar-refractivity contribution is 5.20. The van der Waals surface area contributed by atoms with Gasteiger partial charge in [-0.25, -0.2) is 0 Å². The second-order valence-corrected chi connectivity index (χ2v) is 5.09. The number of hydrogen-bond acceptors (Lipinski definition) is 2. The van der Waals surface area contributed by atoms with E-state index in [2.05, 4.69) is 18.2 Å². The van der Waals surface area contributed by atoms with E-state index in [1.54, 1.807) is 5.57 Å². The fourth-order valence-corrected chi connectivity index (χ4v) is 3.18. The van der Waals surface area contributed by atoms with E-state index in [4.69, 9.17) is 9.47 Å². The van der Waals surface area contributed by atoms with Crippen LogP contribution in [0.1, 0.15) is 38.5 Å². The maximum atomic E-state index is 5.76. The molecule has 88 valence electrons. The van der Waals surface area contributed by atoms with Crippen molar-refractivity contribution in [2.75, 3.05) is 13.2 Å². The molecule has 0 aromatic heterocycles. The first-order chi connectivity index (χ1) is 7.88. The van der Waals surface area contributed by atoms with Crippen molar-refractivity contribution in [1.82, 2.24) is 0 Å². The molecule has 3 aliphatic rings. The molecule has 2 aliphatic carbocycles. The third-order valence-corrected chi connectivity index (χ3v) is 4.13. The van der Waals surface area contributed by atoms with Crippen molar-refractivity contribution in [2.45, 2.75) is 44.3 Å². The molecule has 0 radical (unpaired) electrons. The van der Waals surface area contributed by atoms with E-state index in [-0.39, 0.29) is 5.79 Å². The van der Waals surface area contributed by atoms with Crippen LogP contribution in [0.5, 0.6) is 0 Å². The average molecular weight is 220 g/mol. The Balaban J connectivity index is 1.61. The lowest BCUT2D eigenvalue weighted by molar-refractivity contribution is -0.180. The first kappa shape index (κ1) is 10.5. The van der Waals surface area contributed by atoms with Crippen LogP contribution in [0, 0.1) is 5.92 Å². The summed E-state index contributed by atoms with van der Waals surface area (Å²) >= 11 is 0. The zero-order valence-corrected chi connectivity index (χ0v) is 9.78. The third-order valence-electron chi connectivity index (χ3n) is 4.13. The lowest BCUT2D eigenvalue weighted by atomic mass is 9.78. The van der Waals surface area contributed by atoms with Crippen LogP contribution in [-0.4, -0.2) is 19.0 Å². The normalized spacial score (nSPS) is 29.6. The molecule has 1 saturated heterocycles. The second kappa shape index (κ2) is 4.34. The van der Waals surface area contributed by atoms with Crippen molar-refractivity contribution >= 4 is 0 Å². The van der Waals surface area contributed by atoms with Crippen LogP contribution in [-0.2, 0) is 9.47 Å². The molecule has 1 heterocycles. The molecule has 0 bridgehead atoms. The monoisotopic (exact) mass is 220 g/mol. The molecule has 1 saturated carbocycles. The van der Waals surface area contributed by atoms with Gasteiger partial charge in [0.15, 0.2) is 5.79 Å². The molecule has 1 aliphatic heterocycles. The van der Waals surface area contributed by atoms with Crippen molar-refractivity contribution in [3.8, 4) is 0 Å². The molecule has 3 rings (SSSR count). The molecule has 0 N–H and O–H groups in total.